The number of benzene rings is 1. The fourth-order valence-electron chi connectivity index (χ4n) is 2.00. The number of para-hydroxylation sites is 2. The maximum Gasteiger partial charge on any atom is 0.407 e. The molecule has 0 radical (unpaired) electrons. The van der Waals surface area contributed by atoms with Crippen LogP contribution in [-0.4, -0.2) is 34.8 Å². The molecule has 0 saturated carbocycles. The van der Waals surface area contributed by atoms with E-state index >= 15 is 0 Å². The van der Waals surface area contributed by atoms with Gasteiger partial charge in [-0.3, -0.25) is 0 Å². The number of H-pyrrole nitrogens is 1. The predicted octanol–water partition coefficient (Wildman–Crippen LogP) is 3.28. The van der Waals surface area contributed by atoms with E-state index in [-0.39, 0.29) is 6.09 Å². The summed E-state index contributed by atoms with van der Waals surface area (Å²) in [7, 11) is 0. The highest BCUT2D eigenvalue weighted by atomic mass is 16.6. The lowest BCUT2D eigenvalue weighted by atomic mass is 10.2. The molecule has 0 aliphatic carbocycles. The number of anilines is 1. The van der Waals surface area contributed by atoms with Crippen LogP contribution in [-0.2, 0) is 4.74 Å². The monoisotopic (exact) mass is 304 g/mol. The van der Waals surface area contributed by atoms with Gasteiger partial charge >= 0.3 is 6.09 Å². The molecular formula is C16H24N4O2. The van der Waals surface area contributed by atoms with Crippen molar-refractivity contribution in [1.29, 1.82) is 0 Å². The molecule has 0 aliphatic heterocycles. The molecule has 0 fully saturated rings. The Morgan fingerprint density at radius 1 is 1.23 bits per heavy atom. The van der Waals surface area contributed by atoms with Crippen molar-refractivity contribution in [3.05, 3.63) is 24.3 Å². The third kappa shape index (κ3) is 5.27. The largest absolute Gasteiger partial charge is 0.444 e. The number of unbranched alkanes of at least 4 members (excludes halogenated alkanes) is 1. The van der Waals surface area contributed by atoms with Crippen LogP contribution in [0.25, 0.3) is 11.0 Å². The summed E-state index contributed by atoms with van der Waals surface area (Å²) in [4.78, 5) is 19.1. The molecule has 0 saturated heterocycles. The molecule has 1 amide bonds. The molecule has 1 heterocycles. The van der Waals surface area contributed by atoms with Crippen molar-refractivity contribution in [3.63, 3.8) is 0 Å². The molecule has 0 bridgehead atoms. The molecule has 0 spiro atoms. The number of alkyl carbamates (subject to hydrolysis) is 1. The Hall–Kier alpha value is -2.24. The lowest BCUT2D eigenvalue weighted by Gasteiger charge is -2.19. The van der Waals surface area contributed by atoms with Crippen molar-refractivity contribution in [3.8, 4) is 0 Å². The number of nitrogens with one attached hydrogen (secondary N) is 3. The van der Waals surface area contributed by atoms with Crippen molar-refractivity contribution in [2.45, 2.75) is 39.2 Å². The first-order valence-electron chi connectivity index (χ1n) is 7.59. The SMILES string of the molecule is CC(C)(C)OC(=O)NCCCCNc1nc2ccccc2[nH]1. The molecule has 2 rings (SSSR count). The van der Waals surface area contributed by atoms with E-state index in [0.29, 0.717) is 6.54 Å². The van der Waals surface area contributed by atoms with Gasteiger partial charge in [-0.25, -0.2) is 9.78 Å². The molecule has 120 valence electrons. The van der Waals surface area contributed by atoms with Crippen molar-refractivity contribution < 1.29 is 9.53 Å². The topological polar surface area (TPSA) is 79.0 Å². The van der Waals surface area contributed by atoms with E-state index in [1.807, 2.05) is 45.0 Å². The standard InChI is InChI=1S/C16H24N4O2/c1-16(2,3)22-15(21)18-11-7-6-10-17-14-19-12-8-4-5-9-13(12)20-14/h4-5,8-9H,6-7,10-11H2,1-3H3,(H,18,21)(H2,17,19,20). The van der Waals surface area contributed by atoms with Crippen LogP contribution in [0.3, 0.4) is 0 Å². The summed E-state index contributed by atoms with van der Waals surface area (Å²) in [6.45, 7) is 6.96. The average Bonchev–Trinajstić information content (AvgIpc) is 2.83. The van der Waals surface area contributed by atoms with Gasteiger partial charge in [0.05, 0.1) is 11.0 Å². The van der Waals surface area contributed by atoms with E-state index in [4.69, 9.17) is 4.74 Å². The van der Waals surface area contributed by atoms with Gasteiger partial charge in [-0.05, 0) is 45.7 Å². The minimum Gasteiger partial charge on any atom is -0.444 e. The van der Waals surface area contributed by atoms with Gasteiger partial charge in [-0.15, -0.1) is 0 Å². The fraction of sp³-hybridized carbons (Fsp3) is 0.500. The molecule has 6 heteroatoms. The highest BCUT2D eigenvalue weighted by molar-refractivity contribution is 5.77. The highest BCUT2D eigenvalue weighted by Crippen LogP contribution is 2.13. The van der Waals surface area contributed by atoms with Gasteiger partial charge in [0.1, 0.15) is 5.60 Å². The Morgan fingerprint density at radius 2 is 1.95 bits per heavy atom. The van der Waals surface area contributed by atoms with Crippen LogP contribution in [0.1, 0.15) is 33.6 Å². The van der Waals surface area contributed by atoms with Crippen LogP contribution < -0.4 is 10.6 Å². The number of carbonyl (C=O) groups is 1. The lowest BCUT2D eigenvalue weighted by molar-refractivity contribution is 0.0527. The van der Waals surface area contributed by atoms with E-state index in [9.17, 15) is 4.79 Å². The fourth-order valence-corrected chi connectivity index (χ4v) is 2.00. The van der Waals surface area contributed by atoms with Crippen LogP contribution >= 0.6 is 0 Å². The van der Waals surface area contributed by atoms with Crippen LogP contribution in [0, 0.1) is 0 Å². The molecule has 2 aromatic rings. The number of rotatable bonds is 6. The zero-order valence-corrected chi connectivity index (χ0v) is 13.4. The summed E-state index contributed by atoms with van der Waals surface area (Å²) in [6, 6.07) is 7.92. The van der Waals surface area contributed by atoms with E-state index in [2.05, 4.69) is 20.6 Å². The average molecular weight is 304 g/mol. The van der Waals surface area contributed by atoms with Crippen molar-refractivity contribution >= 4 is 23.1 Å². The van der Waals surface area contributed by atoms with Gasteiger partial charge in [-0.1, -0.05) is 12.1 Å². The van der Waals surface area contributed by atoms with Gasteiger partial charge in [0.25, 0.3) is 0 Å². The quantitative estimate of drug-likeness (QED) is 0.716. The number of amides is 1. The second-order valence-electron chi connectivity index (χ2n) is 6.17. The Morgan fingerprint density at radius 3 is 2.68 bits per heavy atom. The molecule has 0 atom stereocenters. The van der Waals surface area contributed by atoms with Crippen LogP contribution in [0.15, 0.2) is 24.3 Å². The van der Waals surface area contributed by atoms with Crippen molar-refractivity contribution in [2.75, 3.05) is 18.4 Å². The molecule has 22 heavy (non-hydrogen) atoms. The second kappa shape index (κ2) is 7.15. The molecule has 1 aromatic heterocycles. The van der Waals surface area contributed by atoms with Crippen LogP contribution in [0.2, 0.25) is 0 Å². The van der Waals surface area contributed by atoms with E-state index < -0.39 is 5.60 Å². The van der Waals surface area contributed by atoms with Gasteiger partial charge in [-0.2, -0.15) is 0 Å². The van der Waals surface area contributed by atoms with E-state index in [1.54, 1.807) is 0 Å². The molecule has 0 aliphatic rings. The molecule has 1 aromatic carbocycles. The smallest absolute Gasteiger partial charge is 0.407 e. The number of ether oxygens (including phenoxy) is 1. The summed E-state index contributed by atoms with van der Waals surface area (Å²) in [5.74, 6) is 0.779. The second-order valence-corrected chi connectivity index (χ2v) is 6.17. The number of hydrogen-bond acceptors (Lipinski definition) is 4. The summed E-state index contributed by atoms with van der Waals surface area (Å²) in [5.41, 5.74) is 1.53. The Kier molecular flexibility index (Phi) is 5.25. The summed E-state index contributed by atoms with van der Waals surface area (Å²) in [5, 5.41) is 6.00. The van der Waals surface area contributed by atoms with Gasteiger partial charge in [0.15, 0.2) is 0 Å². The molecular weight excluding hydrogens is 280 g/mol. The number of aromatic amines is 1. The van der Waals surface area contributed by atoms with Gasteiger partial charge in [0, 0.05) is 13.1 Å². The van der Waals surface area contributed by atoms with E-state index in [0.717, 1.165) is 36.4 Å². The van der Waals surface area contributed by atoms with Crippen LogP contribution in [0.4, 0.5) is 10.7 Å². The number of aromatic nitrogens is 2. The minimum atomic E-state index is -0.451. The predicted molar refractivity (Wildman–Crippen MR) is 88.1 cm³/mol. The summed E-state index contributed by atoms with van der Waals surface area (Å²) in [6.07, 6.45) is 1.46. The first-order valence-corrected chi connectivity index (χ1v) is 7.59. The number of carbonyl (C=O) groups excluding carboxylic acids is 1. The van der Waals surface area contributed by atoms with Crippen molar-refractivity contribution in [1.82, 2.24) is 15.3 Å². The van der Waals surface area contributed by atoms with Gasteiger partial charge in [0.2, 0.25) is 5.95 Å². The molecule has 3 N–H and O–H groups in total. The summed E-state index contributed by atoms with van der Waals surface area (Å²) < 4.78 is 5.17. The zero-order chi connectivity index (χ0) is 16.0. The maximum absolute atomic E-state index is 11.4. The normalized spacial score (nSPS) is 11.4. The Balaban J connectivity index is 1.60. The molecule has 0 unspecified atom stereocenters. The third-order valence-electron chi connectivity index (χ3n) is 2.95. The number of hydrogen-bond donors (Lipinski definition) is 3. The Bertz CT molecular complexity index is 583. The van der Waals surface area contributed by atoms with Gasteiger partial charge < -0.3 is 20.4 Å². The minimum absolute atomic E-state index is 0.363. The highest BCUT2D eigenvalue weighted by Gasteiger charge is 2.15. The zero-order valence-electron chi connectivity index (χ0n) is 13.4. The van der Waals surface area contributed by atoms with Crippen molar-refractivity contribution in [2.24, 2.45) is 0 Å². The lowest BCUT2D eigenvalue weighted by Crippen LogP contribution is -2.33. The third-order valence-corrected chi connectivity index (χ3v) is 2.95. The first-order chi connectivity index (χ1) is 10.4. The summed E-state index contributed by atoms with van der Waals surface area (Å²) >= 11 is 0. The number of imidazole rings is 1. The van der Waals surface area contributed by atoms with Crippen LogP contribution in [0.5, 0.6) is 0 Å². The molecule has 6 nitrogen and oxygen atoms in total. The maximum atomic E-state index is 11.4. The van der Waals surface area contributed by atoms with E-state index in [1.165, 1.54) is 0 Å². The number of nitrogens with zero attached hydrogens (tertiary/aromatic N) is 1. The Labute approximate surface area is 130 Å². The first kappa shape index (κ1) is 16.1. The number of fused-ring (bicyclic) bond motifs is 1.